The standard InChI is InChI=1S/C34H39Br2NO5/c1-33(2)15-24-30(26(38)17-33)29(31-25(37(24)11-12-40-5)16-34(3,4)18-27(31)39)21-13-23(36)32(28(14-21)41-6)42-19-20-7-9-22(35)10-8-20/h7-10,13-14,29H,11-12,15-19H2,1-6H3. The molecule has 0 aromatic heterocycles. The van der Waals surface area contributed by atoms with Crippen LogP contribution in [0, 0.1) is 10.8 Å². The van der Waals surface area contributed by atoms with Crippen LogP contribution in [0.1, 0.15) is 70.4 Å². The molecule has 42 heavy (non-hydrogen) atoms. The van der Waals surface area contributed by atoms with Crippen LogP contribution in [0.5, 0.6) is 11.5 Å². The molecule has 0 fully saturated rings. The van der Waals surface area contributed by atoms with Crippen LogP contribution in [0.2, 0.25) is 0 Å². The number of hydrogen-bond donors (Lipinski definition) is 0. The zero-order chi connectivity index (χ0) is 30.4. The zero-order valence-corrected chi connectivity index (χ0v) is 28.4. The molecule has 0 amide bonds. The number of ether oxygens (including phenoxy) is 3. The Bertz CT molecular complexity index is 1420. The summed E-state index contributed by atoms with van der Waals surface area (Å²) in [5, 5.41) is 0. The third-order valence-electron chi connectivity index (χ3n) is 8.42. The molecule has 5 rings (SSSR count). The van der Waals surface area contributed by atoms with Crippen molar-refractivity contribution in [2.24, 2.45) is 10.8 Å². The smallest absolute Gasteiger partial charge is 0.175 e. The second kappa shape index (κ2) is 11.9. The average molecular weight is 701 g/mol. The first-order valence-corrected chi connectivity index (χ1v) is 16.0. The molecule has 8 heteroatoms. The fourth-order valence-electron chi connectivity index (χ4n) is 6.62. The molecule has 0 radical (unpaired) electrons. The molecule has 1 aliphatic heterocycles. The number of carbonyl (C=O) groups excluding carboxylic acids is 2. The molecule has 2 aromatic rings. The maximum absolute atomic E-state index is 14.0. The van der Waals surface area contributed by atoms with Gasteiger partial charge in [0.15, 0.2) is 23.1 Å². The molecule has 0 bridgehead atoms. The van der Waals surface area contributed by atoms with E-state index >= 15 is 0 Å². The molecule has 0 N–H and O–H groups in total. The van der Waals surface area contributed by atoms with Crippen molar-refractivity contribution in [3.05, 3.63) is 79.0 Å². The molecule has 2 aromatic carbocycles. The Morgan fingerprint density at radius 3 is 1.95 bits per heavy atom. The van der Waals surface area contributed by atoms with E-state index in [-0.39, 0.29) is 22.4 Å². The Labute approximate surface area is 265 Å². The second-order valence-electron chi connectivity index (χ2n) is 13.1. The van der Waals surface area contributed by atoms with E-state index in [4.69, 9.17) is 14.2 Å². The van der Waals surface area contributed by atoms with Crippen molar-refractivity contribution < 1.29 is 23.8 Å². The summed E-state index contributed by atoms with van der Waals surface area (Å²) < 4.78 is 19.3. The molecule has 224 valence electrons. The van der Waals surface area contributed by atoms with Crippen molar-refractivity contribution in [3.63, 3.8) is 0 Å². The summed E-state index contributed by atoms with van der Waals surface area (Å²) in [5.74, 6) is 0.866. The van der Waals surface area contributed by atoms with Gasteiger partial charge in [-0.25, -0.2) is 0 Å². The molecule has 1 heterocycles. The van der Waals surface area contributed by atoms with Gasteiger partial charge < -0.3 is 19.1 Å². The quantitative estimate of drug-likeness (QED) is 0.277. The molecular formula is C34H39Br2NO5. The molecule has 0 spiro atoms. The molecule has 0 atom stereocenters. The third kappa shape index (κ3) is 6.13. The predicted octanol–water partition coefficient (Wildman–Crippen LogP) is 8.13. The lowest BCUT2D eigenvalue weighted by molar-refractivity contribution is -0.119. The summed E-state index contributed by atoms with van der Waals surface area (Å²) >= 11 is 7.21. The van der Waals surface area contributed by atoms with E-state index in [2.05, 4.69) is 64.5 Å². The van der Waals surface area contributed by atoms with Crippen molar-refractivity contribution >= 4 is 43.4 Å². The maximum atomic E-state index is 14.0. The lowest BCUT2D eigenvalue weighted by atomic mass is 9.63. The average Bonchev–Trinajstić information content (AvgIpc) is 2.90. The number of hydrogen-bond acceptors (Lipinski definition) is 6. The van der Waals surface area contributed by atoms with Crippen molar-refractivity contribution in [3.8, 4) is 11.5 Å². The lowest BCUT2D eigenvalue weighted by Gasteiger charge is -2.49. The van der Waals surface area contributed by atoms with Gasteiger partial charge in [-0.3, -0.25) is 9.59 Å². The largest absolute Gasteiger partial charge is 0.493 e. The van der Waals surface area contributed by atoms with Crippen molar-refractivity contribution in [2.75, 3.05) is 27.4 Å². The van der Waals surface area contributed by atoms with Gasteiger partial charge >= 0.3 is 0 Å². The summed E-state index contributed by atoms with van der Waals surface area (Å²) in [7, 11) is 3.30. The number of rotatable bonds is 8. The van der Waals surface area contributed by atoms with Crippen LogP contribution in [-0.2, 0) is 20.9 Å². The fraction of sp³-hybridized carbons (Fsp3) is 0.471. The van der Waals surface area contributed by atoms with E-state index in [1.54, 1.807) is 14.2 Å². The van der Waals surface area contributed by atoms with Crippen molar-refractivity contribution in [1.82, 2.24) is 4.90 Å². The molecule has 0 saturated heterocycles. The Hall–Kier alpha value is -2.42. The highest BCUT2D eigenvalue weighted by Crippen LogP contribution is 2.55. The van der Waals surface area contributed by atoms with E-state index in [0.717, 1.165) is 51.0 Å². The van der Waals surface area contributed by atoms with Gasteiger partial charge in [0.25, 0.3) is 0 Å². The first kappa shape index (κ1) is 31.0. The number of ketones is 2. The third-order valence-corrected chi connectivity index (χ3v) is 9.54. The van der Waals surface area contributed by atoms with Gasteiger partial charge in [0.1, 0.15) is 6.61 Å². The van der Waals surface area contributed by atoms with Crippen LogP contribution in [0.4, 0.5) is 0 Å². The van der Waals surface area contributed by atoms with Crippen LogP contribution < -0.4 is 9.47 Å². The topological polar surface area (TPSA) is 65.1 Å². The minimum absolute atomic E-state index is 0.100. The van der Waals surface area contributed by atoms with Crippen LogP contribution in [0.25, 0.3) is 0 Å². The lowest BCUT2D eigenvalue weighted by Crippen LogP contribution is -2.45. The maximum Gasteiger partial charge on any atom is 0.175 e. The summed E-state index contributed by atoms with van der Waals surface area (Å²) in [6.45, 7) is 10.1. The predicted molar refractivity (Wildman–Crippen MR) is 171 cm³/mol. The first-order chi connectivity index (χ1) is 19.8. The zero-order valence-electron chi connectivity index (χ0n) is 25.2. The van der Waals surface area contributed by atoms with E-state index in [9.17, 15) is 9.59 Å². The Morgan fingerprint density at radius 1 is 0.857 bits per heavy atom. The number of allylic oxidation sites excluding steroid dienone is 4. The molecule has 2 aliphatic carbocycles. The number of carbonyl (C=O) groups is 2. The molecule has 0 unspecified atom stereocenters. The summed E-state index contributed by atoms with van der Waals surface area (Å²) in [4.78, 5) is 30.3. The van der Waals surface area contributed by atoms with Gasteiger partial charge in [-0.1, -0.05) is 55.8 Å². The van der Waals surface area contributed by atoms with E-state index in [1.807, 2.05) is 36.4 Å². The number of halogens is 2. The van der Waals surface area contributed by atoms with Gasteiger partial charge in [0.05, 0.1) is 18.2 Å². The van der Waals surface area contributed by atoms with E-state index in [1.165, 1.54) is 0 Å². The highest BCUT2D eigenvalue weighted by molar-refractivity contribution is 9.10. The first-order valence-electron chi connectivity index (χ1n) is 14.4. The van der Waals surface area contributed by atoms with Gasteiger partial charge in [-0.15, -0.1) is 0 Å². The van der Waals surface area contributed by atoms with Gasteiger partial charge in [-0.05, 0) is 75.0 Å². The van der Waals surface area contributed by atoms with Gasteiger partial charge in [0.2, 0.25) is 0 Å². The van der Waals surface area contributed by atoms with Crippen LogP contribution >= 0.6 is 31.9 Å². The highest BCUT2D eigenvalue weighted by Gasteiger charge is 2.49. The Morgan fingerprint density at radius 2 is 1.43 bits per heavy atom. The van der Waals surface area contributed by atoms with Crippen molar-refractivity contribution in [1.29, 1.82) is 0 Å². The molecule has 6 nitrogen and oxygen atoms in total. The monoisotopic (exact) mass is 699 g/mol. The summed E-state index contributed by atoms with van der Waals surface area (Å²) in [6, 6.07) is 11.9. The normalized spacial score (nSPS) is 20.0. The van der Waals surface area contributed by atoms with E-state index < -0.39 is 5.92 Å². The van der Waals surface area contributed by atoms with Crippen LogP contribution in [0.3, 0.4) is 0 Å². The number of Topliss-reactive ketones (excluding diaryl/α,β-unsaturated/α-hetero) is 2. The Balaban J connectivity index is 1.65. The highest BCUT2D eigenvalue weighted by atomic mass is 79.9. The SMILES string of the molecule is COCCN1C2=C(C(=O)CC(C)(C)C2)C(c2cc(Br)c(OCc3ccc(Br)cc3)c(OC)c2)C2=C1CC(C)(C)CC2=O. The molecular weight excluding hydrogens is 662 g/mol. The van der Waals surface area contributed by atoms with Gasteiger partial charge in [0, 0.05) is 59.4 Å². The Kier molecular flexibility index (Phi) is 8.81. The minimum Gasteiger partial charge on any atom is -0.493 e. The summed E-state index contributed by atoms with van der Waals surface area (Å²) in [6.07, 6.45) is 2.39. The molecule has 0 saturated carbocycles. The van der Waals surface area contributed by atoms with Crippen LogP contribution in [0.15, 0.2) is 67.9 Å². The fourth-order valence-corrected chi connectivity index (χ4v) is 7.45. The minimum atomic E-state index is -0.466. The van der Waals surface area contributed by atoms with E-state index in [0.29, 0.717) is 48.6 Å². The number of methoxy groups -OCH3 is 2. The van der Waals surface area contributed by atoms with Crippen molar-refractivity contribution in [2.45, 2.75) is 65.9 Å². The molecule has 3 aliphatic rings. The van der Waals surface area contributed by atoms with Gasteiger partial charge in [-0.2, -0.15) is 0 Å². The number of nitrogens with zero attached hydrogens (tertiary/aromatic N) is 1. The summed E-state index contributed by atoms with van der Waals surface area (Å²) in [5.41, 5.74) is 5.02. The number of benzene rings is 2. The van der Waals surface area contributed by atoms with Crippen LogP contribution in [-0.4, -0.2) is 43.8 Å². The second-order valence-corrected chi connectivity index (χ2v) is 14.9.